The summed E-state index contributed by atoms with van der Waals surface area (Å²) < 4.78 is 5.66. The Bertz CT molecular complexity index is 744. The highest BCUT2D eigenvalue weighted by Crippen LogP contribution is 2.57. The predicted octanol–water partition coefficient (Wildman–Crippen LogP) is 4.29. The summed E-state index contributed by atoms with van der Waals surface area (Å²) in [5.74, 6) is 0.680. The molecule has 0 aromatic heterocycles. The van der Waals surface area contributed by atoms with E-state index in [1.165, 1.54) is 16.7 Å². The minimum atomic E-state index is -0.644. The van der Waals surface area contributed by atoms with Gasteiger partial charge in [-0.15, -0.1) is 0 Å². The monoisotopic (exact) mass is 401 g/mol. The molecule has 2 aliphatic carbocycles. The Balaban J connectivity index is 1.82. The maximum absolute atomic E-state index is 13.2. The molecule has 1 saturated carbocycles. The molecule has 162 valence electrons. The lowest BCUT2D eigenvalue weighted by atomic mass is 9.49. The van der Waals surface area contributed by atoms with Crippen LogP contribution in [0.15, 0.2) is 18.2 Å². The maximum Gasteiger partial charge on any atom is 0.312 e. The zero-order valence-corrected chi connectivity index (χ0v) is 19.1. The molecule has 0 bridgehead atoms. The Morgan fingerprint density at radius 2 is 2.00 bits per heavy atom. The molecule has 0 radical (unpaired) electrons. The standard InChI is InChI=1S/C25H39NO3/c1-17(2)18-8-10-21-19(14-18)9-11-22-24(21,3)12-7-13-25(22,4)23(28)29-16-20(27)15-26(5)6/h8,10,14,17,20,22,27H,7,9,11-13,15-16H2,1-6H3/t20?,22-,24-,25-/m1/s1. The predicted molar refractivity (Wildman–Crippen MR) is 117 cm³/mol. The second-order valence-electron chi connectivity index (χ2n) is 10.4. The molecule has 0 heterocycles. The third-order valence-corrected chi connectivity index (χ3v) is 7.49. The number of aliphatic hydroxyl groups excluding tert-OH is 1. The van der Waals surface area contributed by atoms with Crippen molar-refractivity contribution in [2.24, 2.45) is 11.3 Å². The Morgan fingerprint density at radius 1 is 1.28 bits per heavy atom. The second kappa shape index (κ2) is 8.39. The number of likely N-dealkylation sites (N-methyl/N-ethyl adjacent to an activating group) is 1. The number of nitrogens with zero attached hydrogens (tertiary/aromatic N) is 1. The second-order valence-corrected chi connectivity index (χ2v) is 10.4. The first kappa shape index (κ1) is 22.3. The van der Waals surface area contributed by atoms with Gasteiger partial charge < -0.3 is 14.7 Å². The van der Waals surface area contributed by atoms with Crippen molar-refractivity contribution in [1.29, 1.82) is 0 Å². The van der Waals surface area contributed by atoms with E-state index in [0.717, 1.165) is 32.1 Å². The number of esters is 1. The van der Waals surface area contributed by atoms with E-state index in [1.54, 1.807) is 0 Å². The van der Waals surface area contributed by atoms with Crippen molar-refractivity contribution in [3.05, 3.63) is 34.9 Å². The molecule has 0 saturated heterocycles. The van der Waals surface area contributed by atoms with Crippen LogP contribution in [-0.2, 0) is 21.4 Å². The largest absolute Gasteiger partial charge is 0.462 e. The molecule has 1 N–H and O–H groups in total. The minimum absolute atomic E-state index is 0.0113. The molecular weight excluding hydrogens is 362 g/mol. The molecule has 2 aliphatic rings. The molecule has 4 nitrogen and oxygen atoms in total. The van der Waals surface area contributed by atoms with E-state index < -0.39 is 11.5 Å². The average Bonchev–Trinajstić information content (AvgIpc) is 2.64. The lowest BCUT2D eigenvalue weighted by Gasteiger charge is -2.54. The molecule has 1 fully saturated rings. The van der Waals surface area contributed by atoms with Crippen molar-refractivity contribution in [2.75, 3.05) is 27.2 Å². The summed E-state index contributed by atoms with van der Waals surface area (Å²) in [5.41, 5.74) is 3.83. The molecule has 0 amide bonds. The molecule has 0 spiro atoms. The van der Waals surface area contributed by atoms with Crippen molar-refractivity contribution >= 4 is 5.97 Å². The fraction of sp³-hybridized carbons (Fsp3) is 0.720. The quantitative estimate of drug-likeness (QED) is 0.723. The summed E-state index contributed by atoms with van der Waals surface area (Å²) in [6, 6.07) is 7.00. The number of fused-ring (bicyclic) bond motifs is 3. The van der Waals surface area contributed by atoms with Gasteiger partial charge >= 0.3 is 5.97 Å². The molecule has 29 heavy (non-hydrogen) atoms. The van der Waals surface area contributed by atoms with E-state index in [9.17, 15) is 9.90 Å². The van der Waals surface area contributed by atoms with E-state index in [2.05, 4.69) is 45.9 Å². The van der Waals surface area contributed by atoms with Gasteiger partial charge in [-0.1, -0.05) is 45.4 Å². The SMILES string of the molecule is CC(C)c1ccc2c(c1)CC[C@H]1[C@](C)(C(=O)OCC(O)CN(C)C)CCC[C@]21C. The fourth-order valence-corrected chi connectivity index (χ4v) is 5.93. The Kier molecular flexibility index (Phi) is 6.45. The number of hydrogen-bond acceptors (Lipinski definition) is 4. The summed E-state index contributed by atoms with van der Waals surface area (Å²) >= 11 is 0. The van der Waals surface area contributed by atoms with Crippen LogP contribution in [0.25, 0.3) is 0 Å². The van der Waals surface area contributed by atoms with Crippen LogP contribution < -0.4 is 0 Å². The highest BCUT2D eigenvalue weighted by atomic mass is 16.5. The molecular formula is C25H39NO3. The van der Waals surface area contributed by atoms with E-state index >= 15 is 0 Å². The maximum atomic E-state index is 13.2. The number of benzene rings is 1. The molecule has 1 unspecified atom stereocenters. The van der Waals surface area contributed by atoms with Gasteiger partial charge in [-0.3, -0.25) is 4.79 Å². The molecule has 3 rings (SSSR count). The van der Waals surface area contributed by atoms with Crippen molar-refractivity contribution in [3.63, 3.8) is 0 Å². The van der Waals surface area contributed by atoms with Crippen molar-refractivity contribution in [3.8, 4) is 0 Å². The van der Waals surface area contributed by atoms with Gasteiger partial charge in [-0.2, -0.15) is 0 Å². The zero-order chi connectivity index (χ0) is 21.4. The summed E-state index contributed by atoms with van der Waals surface area (Å²) in [4.78, 5) is 15.1. The topological polar surface area (TPSA) is 49.8 Å². The van der Waals surface area contributed by atoms with E-state index in [1.807, 2.05) is 19.0 Å². The summed E-state index contributed by atoms with van der Waals surface area (Å²) in [6.07, 6.45) is 4.44. The highest BCUT2D eigenvalue weighted by Gasteiger charge is 2.55. The number of ether oxygens (including phenoxy) is 1. The zero-order valence-electron chi connectivity index (χ0n) is 19.1. The molecule has 4 atom stereocenters. The Labute approximate surface area is 176 Å². The number of carbonyl (C=O) groups excluding carboxylic acids is 1. The van der Waals surface area contributed by atoms with Crippen LogP contribution in [0.5, 0.6) is 0 Å². The molecule has 1 aromatic carbocycles. The van der Waals surface area contributed by atoms with Crippen LogP contribution in [0.2, 0.25) is 0 Å². The van der Waals surface area contributed by atoms with Crippen molar-refractivity contribution < 1.29 is 14.6 Å². The third kappa shape index (κ3) is 4.25. The minimum Gasteiger partial charge on any atom is -0.462 e. The molecule has 0 aliphatic heterocycles. The lowest BCUT2D eigenvalue weighted by molar-refractivity contribution is -0.167. The first-order valence-corrected chi connectivity index (χ1v) is 11.2. The first-order chi connectivity index (χ1) is 13.6. The van der Waals surface area contributed by atoms with E-state index in [4.69, 9.17) is 4.74 Å². The number of rotatable bonds is 6. The summed E-state index contributed by atoms with van der Waals surface area (Å²) in [6.45, 7) is 9.52. The summed E-state index contributed by atoms with van der Waals surface area (Å²) in [5, 5.41) is 10.1. The average molecular weight is 402 g/mol. The first-order valence-electron chi connectivity index (χ1n) is 11.2. The van der Waals surface area contributed by atoms with Crippen molar-refractivity contribution in [2.45, 2.75) is 77.2 Å². The van der Waals surface area contributed by atoms with Gasteiger partial charge in [0.05, 0.1) is 5.41 Å². The van der Waals surface area contributed by atoms with Crippen molar-refractivity contribution in [1.82, 2.24) is 4.90 Å². The number of aryl methyl sites for hydroxylation is 1. The van der Waals surface area contributed by atoms with E-state index in [0.29, 0.717) is 12.5 Å². The smallest absolute Gasteiger partial charge is 0.312 e. The normalized spacial score (nSPS) is 30.0. The van der Waals surface area contributed by atoms with Gasteiger partial charge in [0, 0.05) is 6.54 Å². The van der Waals surface area contributed by atoms with Gasteiger partial charge in [-0.05, 0) is 80.6 Å². The molecule has 1 aromatic rings. The van der Waals surface area contributed by atoms with Crippen LogP contribution in [0.1, 0.15) is 76.0 Å². The summed E-state index contributed by atoms with van der Waals surface area (Å²) in [7, 11) is 3.81. The van der Waals surface area contributed by atoms with Crippen LogP contribution in [0, 0.1) is 11.3 Å². The Hall–Kier alpha value is -1.39. The van der Waals surface area contributed by atoms with Crippen LogP contribution in [-0.4, -0.2) is 49.3 Å². The van der Waals surface area contributed by atoms with Crippen LogP contribution in [0.3, 0.4) is 0 Å². The van der Waals surface area contributed by atoms with Gasteiger partial charge in [0.25, 0.3) is 0 Å². The van der Waals surface area contributed by atoms with Gasteiger partial charge in [0.15, 0.2) is 0 Å². The fourth-order valence-electron chi connectivity index (χ4n) is 5.93. The number of aliphatic hydroxyl groups is 1. The number of carbonyl (C=O) groups is 1. The lowest BCUT2D eigenvalue weighted by Crippen LogP contribution is -2.53. The third-order valence-electron chi connectivity index (χ3n) is 7.49. The van der Waals surface area contributed by atoms with Crippen LogP contribution >= 0.6 is 0 Å². The Morgan fingerprint density at radius 3 is 2.66 bits per heavy atom. The molecule has 4 heteroatoms. The van der Waals surface area contributed by atoms with Gasteiger partial charge in [-0.25, -0.2) is 0 Å². The van der Waals surface area contributed by atoms with Crippen LogP contribution in [0.4, 0.5) is 0 Å². The highest BCUT2D eigenvalue weighted by molar-refractivity contribution is 5.77. The van der Waals surface area contributed by atoms with E-state index in [-0.39, 0.29) is 23.9 Å². The van der Waals surface area contributed by atoms with Gasteiger partial charge in [0.1, 0.15) is 12.7 Å². The van der Waals surface area contributed by atoms with Gasteiger partial charge in [0.2, 0.25) is 0 Å². The number of hydrogen-bond donors (Lipinski definition) is 1.